The largest absolute Gasteiger partial charge is 0.493 e. The quantitative estimate of drug-likeness (QED) is 0.476. The molecule has 146 valence electrons. The standard InChI is InChI=1S/C22H17ClN2O4/c1-27-19-4-2-3-5-20(19)28-13-21(26)24-16-9-6-14(7-10-16)22-25-17-12-15(23)8-11-18(17)29-22/h2-12H,13H2,1H3,(H,24,26). The molecule has 29 heavy (non-hydrogen) atoms. The van der Waals surface area contributed by atoms with Crippen LogP contribution in [0.2, 0.25) is 5.02 Å². The van der Waals surface area contributed by atoms with E-state index in [1.807, 2.05) is 24.3 Å². The molecule has 0 aliphatic carbocycles. The molecule has 1 aromatic heterocycles. The van der Waals surface area contributed by atoms with Crippen molar-refractivity contribution in [2.24, 2.45) is 0 Å². The molecule has 0 atom stereocenters. The lowest BCUT2D eigenvalue weighted by Crippen LogP contribution is -2.20. The smallest absolute Gasteiger partial charge is 0.262 e. The number of carbonyl (C=O) groups is 1. The molecule has 0 fully saturated rings. The van der Waals surface area contributed by atoms with E-state index in [9.17, 15) is 4.79 Å². The second-order valence-electron chi connectivity index (χ2n) is 6.20. The van der Waals surface area contributed by atoms with E-state index in [-0.39, 0.29) is 12.5 Å². The number of anilines is 1. The zero-order chi connectivity index (χ0) is 20.2. The summed E-state index contributed by atoms with van der Waals surface area (Å²) in [4.78, 5) is 16.6. The molecule has 7 heteroatoms. The topological polar surface area (TPSA) is 73.6 Å². The molecule has 0 radical (unpaired) electrons. The number of hydrogen-bond donors (Lipinski definition) is 1. The van der Waals surface area contributed by atoms with Crippen molar-refractivity contribution in [2.75, 3.05) is 19.0 Å². The summed E-state index contributed by atoms with van der Waals surface area (Å²) in [5.41, 5.74) is 2.79. The van der Waals surface area contributed by atoms with Crippen LogP contribution in [0.15, 0.2) is 71.1 Å². The average Bonchev–Trinajstić information content (AvgIpc) is 3.16. The molecule has 0 spiro atoms. The van der Waals surface area contributed by atoms with E-state index in [0.29, 0.717) is 39.2 Å². The molecule has 0 aliphatic rings. The van der Waals surface area contributed by atoms with E-state index in [1.165, 1.54) is 0 Å². The van der Waals surface area contributed by atoms with Gasteiger partial charge < -0.3 is 19.2 Å². The molecule has 4 rings (SSSR count). The number of amides is 1. The van der Waals surface area contributed by atoms with Crippen molar-refractivity contribution in [3.8, 4) is 23.0 Å². The van der Waals surface area contributed by atoms with Crippen LogP contribution in [0.3, 0.4) is 0 Å². The van der Waals surface area contributed by atoms with Gasteiger partial charge in [-0.2, -0.15) is 0 Å². The number of nitrogens with one attached hydrogen (secondary N) is 1. The lowest BCUT2D eigenvalue weighted by atomic mass is 10.2. The Bertz CT molecular complexity index is 1160. The van der Waals surface area contributed by atoms with Crippen LogP contribution in [0.5, 0.6) is 11.5 Å². The molecule has 1 amide bonds. The number of aromatic nitrogens is 1. The Labute approximate surface area is 172 Å². The van der Waals surface area contributed by atoms with Gasteiger partial charge in [-0.15, -0.1) is 0 Å². The van der Waals surface area contributed by atoms with Crippen LogP contribution in [0.25, 0.3) is 22.6 Å². The van der Waals surface area contributed by atoms with Gasteiger partial charge in [-0.3, -0.25) is 4.79 Å². The highest BCUT2D eigenvalue weighted by Crippen LogP contribution is 2.27. The summed E-state index contributed by atoms with van der Waals surface area (Å²) in [7, 11) is 1.55. The first-order chi connectivity index (χ1) is 14.1. The molecule has 4 aromatic rings. The minimum absolute atomic E-state index is 0.131. The number of rotatable bonds is 6. The first-order valence-electron chi connectivity index (χ1n) is 8.84. The Morgan fingerprint density at radius 3 is 2.59 bits per heavy atom. The third-order valence-electron chi connectivity index (χ3n) is 4.19. The van der Waals surface area contributed by atoms with Crippen LogP contribution in [0.1, 0.15) is 0 Å². The maximum Gasteiger partial charge on any atom is 0.262 e. The maximum atomic E-state index is 12.2. The van der Waals surface area contributed by atoms with Gasteiger partial charge >= 0.3 is 0 Å². The Morgan fingerprint density at radius 1 is 1.07 bits per heavy atom. The van der Waals surface area contributed by atoms with Gasteiger partial charge in [0.05, 0.1) is 7.11 Å². The zero-order valence-electron chi connectivity index (χ0n) is 15.5. The number of benzene rings is 3. The second kappa shape index (κ2) is 8.24. The number of hydrogen-bond acceptors (Lipinski definition) is 5. The number of nitrogens with zero attached hydrogens (tertiary/aromatic N) is 1. The fourth-order valence-electron chi connectivity index (χ4n) is 2.80. The van der Waals surface area contributed by atoms with Gasteiger partial charge in [-0.05, 0) is 54.6 Å². The van der Waals surface area contributed by atoms with Crippen molar-refractivity contribution in [3.05, 3.63) is 71.8 Å². The number of methoxy groups -OCH3 is 1. The number of para-hydroxylation sites is 2. The van der Waals surface area contributed by atoms with Crippen LogP contribution < -0.4 is 14.8 Å². The molecule has 0 unspecified atom stereocenters. The van der Waals surface area contributed by atoms with Crippen molar-refractivity contribution in [1.29, 1.82) is 0 Å². The number of oxazole rings is 1. The van der Waals surface area contributed by atoms with Crippen LogP contribution in [0.4, 0.5) is 5.69 Å². The maximum absolute atomic E-state index is 12.2. The first kappa shape index (κ1) is 18.8. The van der Waals surface area contributed by atoms with E-state index in [2.05, 4.69) is 10.3 Å². The molecule has 3 aromatic carbocycles. The molecule has 6 nitrogen and oxygen atoms in total. The summed E-state index contributed by atoms with van der Waals surface area (Å²) in [6.07, 6.45) is 0. The minimum Gasteiger partial charge on any atom is -0.493 e. The van der Waals surface area contributed by atoms with E-state index >= 15 is 0 Å². The Hall–Kier alpha value is -3.51. The van der Waals surface area contributed by atoms with Gasteiger partial charge in [0, 0.05) is 16.3 Å². The van der Waals surface area contributed by atoms with Gasteiger partial charge in [0.25, 0.3) is 5.91 Å². The van der Waals surface area contributed by atoms with Crippen molar-refractivity contribution in [1.82, 2.24) is 4.98 Å². The fraction of sp³-hybridized carbons (Fsp3) is 0.0909. The average molecular weight is 409 g/mol. The molecular weight excluding hydrogens is 392 g/mol. The third-order valence-corrected chi connectivity index (χ3v) is 4.43. The SMILES string of the molecule is COc1ccccc1OCC(=O)Nc1ccc(-c2nc3cc(Cl)ccc3o2)cc1. The predicted molar refractivity (Wildman–Crippen MR) is 112 cm³/mol. The third kappa shape index (κ3) is 4.33. The molecular formula is C22H17ClN2O4. The van der Waals surface area contributed by atoms with Gasteiger partial charge in [-0.25, -0.2) is 4.98 Å². The summed E-state index contributed by atoms with van der Waals surface area (Å²) in [6, 6.07) is 19.6. The highest BCUT2D eigenvalue weighted by atomic mass is 35.5. The molecule has 0 saturated heterocycles. The summed E-state index contributed by atoms with van der Waals surface area (Å²) >= 11 is 5.99. The molecule has 1 N–H and O–H groups in total. The summed E-state index contributed by atoms with van der Waals surface area (Å²) < 4.78 is 16.5. The number of ether oxygens (including phenoxy) is 2. The molecule has 1 heterocycles. The molecule has 0 saturated carbocycles. The van der Waals surface area contributed by atoms with E-state index in [4.69, 9.17) is 25.5 Å². The van der Waals surface area contributed by atoms with E-state index in [0.717, 1.165) is 5.56 Å². The normalized spacial score (nSPS) is 10.7. The van der Waals surface area contributed by atoms with Gasteiger partial charge in [0.15, 0.2) is 23.7 Å². The fourth-order valence-corrected chi connectivity index (χ4v) is 2.96. The van der Waals surface area contributed by atoms with Crippen molar-refractivity contribution in [3.63, 3.8) is 0 Å². The van der Waals surface area contributed by atoms with Crippen LogP contribution in [0, 0.1) is 0 Å². The summed E-state index contributed by atoms with van der Waals surface area (Å²) in [6.45, 7) is -0.131. The first-order valence-corrected chi connectivity index (χ1v) is 9.22. The second-order valence-corrected chi connectivity index (χ2v) is 6.63. The van der Waals surface area contributed by atoms with Crippen LogP contribution in [-0.4, -0.2) is 24.6 Å². The highest BCUT2D eigenvalue weighted by Gasteiger charge is 2.10. The lowest BCUT2D eigenvalue weighted by Gasteiger charge is -2.10. The van der Waals surface area contributed by atoms with Gasteiger partial charge in [0.1, 0.15) is 5.52 Å². The lowest BCUT2D eigenvalue weighted by molar-refractivity contribution is -0.118. The van der Waals surface area contributed by atoms with Crippen molar-refractivity contribution in [2.45, 2.75) is 0 Å². The summed E-state index contributed by atoms with van der Waals surface area (Å²) in [5.74, 6) is 1.29. The van der Waals surface area contributed by atoms with Crippen LogP contribution >= 0.6 is 11.6 Å². The predicted octanol–water partition coefficient (Wildman–Crippen LogP) is 5.17. The van der Waals surface area contributed by atoms with Crippen molar-refractivity contribution >= 4 is 34.3 Å². The van der Waals surface area contributed by atoms with Gasteiger partial charge in [0.2, 0.25) is 5.89 Å². The molecule has 0 bridgehead atoms. The van der Waals surface area contributed by atoms with Gasteiger partial charge in [-0.1, -0.05) is 23.7 Å². The zero-order valence-corrected chi connectivity index (χ0v) is 16.3. The Morgan fingerprint density at radius 2 is 1.83 bits per heavy atom. The number of carbonyl (C=O) groups excluding carboxylic acids is 1. The van der Waals surface area contributed by atoms with Crippen molar-refractivity contribution < 1.29 is 18.7 Å². The Balaban J connectivity index is 1.40. The molecule has 0 aliphatic heterocycles. The minimum atomic E-state index is -0.278. The van der Waals surface area contributed by atoms with Crippen LogP contribution in [-0.2, 0) is 4.79 Å². The monoisotopic (exact) mass is 408 g/mol. The van der Waals surface area contributed by atoms with E-state index < -0.39 is 0 Å². The highest BCUT2D eigenvalue weighted by molar-refractivity contribution is 6.31. The summed E-state index contributed by atoms with van der Waals surface area (Å²) in [5, 5.41) is 3.39. The number of fused-ring (bicyclic) bond motifs is 1. The number of halogens is 1. The van der Waals surface area contributed by atoms with E-state index in [1.54, 1.807) is 49.6 Å². The Kier molecular flexibility index (Phi) is 5.35.